The number of imidazole rings is 1. The van der Waals surface area contributed by atoms with Crippen LogP contribution in [0.15, 0.2) is 67.1 Å². The van der Waals surface area contributed by atoms with Crippen molar-refractivity contribution in [3.05, 3.63) is 83.9 Å². The smallest absolute Gasteiger partial charge is 0.156 e. The summed E-state index contributed by atoms with van der Waals surface area (Å²) in [7, 11) is 0. The van der Waals surface area contributed by atoms with Gasteiger partial charge in [-0.25, -0.2) is 4.98 Å². The van der Waals surface area contributed by atoms with E-state index in [0.717, 1.165) is 45.3 Å². The molecule has 1 N–H and O–H groups in total. The lowest BCUT2D eigenvalue weighted by Crippen LogP contribution is -1.99. The van der Waals surface area contributed by atoms with Crippen LogP contribution in [0, 0.1) is 13.8 Å². The Balaban J connectivity index is 1.50. The molecule has 27 heavy (non-hydrogen) atoms. The monoisotopic (exact) mass is 356 g/mol. The van der Waals surface area contributed by atoms with Crippen LogP contribution in [0.5, 0.6) is 5.75 Å². The molecule has 0 radical (unpaired) electrons. The molecule has 0 saturated heterocycles. The zero-order valence-electron chi connectivity index (χ0n) is 15.3. The van der Waals surface area contributed by atoms with Gasteiger partial charge in [0.05, 0.1) is 17.6 Å². The highest BCUT2D eigenvalue weighted by atomic mass is 16.5. The number of pyridine rings is 2. The van der Waals surface area contributed by atoms with Crippen LogP contribution in [0.2, 0.25) is 0 Å². The second-order valence-electron chi connectivity index (χ2n) is 6.46. The van der Waals surface area contributed by atoms with E-state index >= 15 is 0 Å². The second kappa shape index (κ2) is 7.41. The minimum atomic E-state index is 0.453. The maximum Gasteiger partial charge on any atom is 0.156 e. The molecule has 0 amide bonds. The highest BCUT2D eigenvalue weighted by Gasteiger charge is 2.08. The summed E-state index contributed by atoms with van der Waals surface area (Å²) in [6.45, 7) is 4.51. The number of nitrogens with zero attached hydrogens (tertiary/aromatic N) is 3. The second-order valence-corrected chi connectivity index (χ2v) is 6.46. The summed E-state index contributed by atoms with van der Waals surface area (Å²) in [6, 6.07) is 15.9. The van der Waals surface area contributed by atoms with Gasteiger partial charge in [0.25, 0.3) is 0 Å². The van der Waals surface area contributed by atoms with Crippen molar-refractivity contribution in [2.75, 3.05) is 0 Å². The molecule has 3 aromatic heterocycles. The zero-order valence-corrected chi connectivity index (χ0v) is 15.3. The standard InChI is InChI=1S/C22H20N4O/c1-15-6-8-18(24-12-15)14-27-21-9-7-17(11-16(21)2)20-13-25-22(26-20)19-5-3-4-10-23-19/h3-13H,14H2,1-2H3,(H,25,26). The molecular formula is C22H20N4O. The lowest BCUT2D eigenvalue weighted by molar-refractivity contribution is 0.299. The topological polar surface area (TPSA) is 63.7 Å². The van der Waals surface area contributed by atoms with Crippen LogP contribution in [0.1, 0.15) is 16.8 Å². The largest absolute Gasteiger partial charge is 0.487 e. The van der Waals surface area contributed by atoms with Gasteiger partial charge in [0.1, 0.15) is 18.1 Å². The Morgan fingerprint density at radius 1 is 0.926 bits per heavy atom. The number of benzene rings is 1. The third-order valence-electron chi connectivity index (χ3n) is 4.32. The minimum Gasteiger partial charge on any atom is -0.487 e. The first kappa shape index (κ1) is 17.0. The summed E-state index contributed by atoms with van der Waals surface area (Å²) in [6.07, 6.45) is 5.44. The van der Waals surface area contributed by atoms with Crippen molar-refractivity contribution in [2.24, 2.45) is 0 Å². The van der Waals surface area contributed by atoms with Gasteiger partial charge in [0.2, 0.25) is 0 Å². The van der Waals surface area contributed by atoms with Crippen molar-refractivity contribution < 1.29 is 4.74 Å². The molecule has 0 aliphatic heterocycles. The fourth-order valence-corrected chi connectivity index (χ4v) is 2.82. The SMILES string of the molecule is Cc1ccc(COc2ccc(-c3cnc(-c4ccccn4)[nH]3)cc2C)nc1. The van der Waals surface area contributed by atoms with Gasteiger partial charge in [0, 0.05) is 18.0 Å². The molecule has 134 valence electrons. The van der Waals surface area contributed by atoms with E-state index in [1.807, 2.05) is 68.7 Å². The molecule has 5 heteroatoms. The molecule has 5 nitrogen and oxygen atoms in total. The van der Waals surface area contributed by atoms with Gasteiger partial charge in [-0.2, -0.15) is 0 Å². The third-order valence-corrected chi connectivity index (χ3v) is 4.32. The molecule has 4 rings (SSSR count). The van der Waals surface area contributed by atoms with Crippen LogP contribution in [0.4, 0.5) is 0 Å². The summed E-state index contributed by atoms with van der Waals surface area (Å²) < 4.78 is 5.93. The van der Waals surface area contributed by atoms with Gasteiger partial charge >= 0.3 is 0 Å². The van der Waals surface area contributed by atoms with Crippen molar-refractivity contribution in [3.8, 4) is 28.5 Å². The molecule has 0 fully saturated rings. The van der Waals surface area contributed by atoms with Crippen LogP contribution in [-0.2, 0) is 6.61 Å². The molecule has 1 aromatic carbocycles. The maximum atomic E-state index is 5.93. The van der Waals surface area contributed by atoms with Crippen molar-refractivity contribution in [1.82, 2.24) is 19.9 Å². The summed E-state index contributed by atoms with van der Waals surface area (Å²) in [5.74, 6) is 1.61. The Morgan fingerprint density at radius 2 is 1.85 bits per heavy atom. The van der Waals surface area contributed by atoms with E-state index in [4.69, 9.17) is 4.74 Å². The van der Waals surface area contributed by atoms with Crippen LogP contribution in [-0.4, -0.2) is 19.9 Å². The highest BCUT2D eigenvalue weighted by Crippen LogP contribution is 2.27. The van der Waals surface area contributed by atoms with E-state index < -0.39 is 0 Å². The summed E-state index contributed by atoms with van der Waals surface area (Å²) in [5.41, 5.74) is 5.95. The molecule has 0 saturated carbocycles. The van der Waals surface area contributed by atoms with Gasteiger partial charge in [0.15, 0.2) is 5.82 Å². The highest BCUT2D eigenvalue weighted by molar-refractivity contribution is 5.64. The van der Waals surface area contributed by atoms with E-state index in [2.05, 4.69) is 26.0 Å². The van der Waals surface area contributed by atoms with E-state index in [-0.39, 0.29) is 0 Å². The molecule has 3 heterocycles. The number of hydrogen-bond donors (Lipinski definition) is 1. The van der Waals surface area contributed by atoms with Crippen LogP contribution in [0.3, 0.4) is 0 Å². The molecule has 0 spiro atoms. The quantitative estimate of drug-likeness (QED) is 0.561. The lowest BCUT2D eigenvalue weighted by Gasteiger charge is -2.10. The van der Waals surface area contributed by atoms with E-state index in [1.54, 1.807) is 6.20 Å². The predicted molar refractivity (Wildman–Crippen MR) is 105 cm³/mol. The Bertz CT molecular complexity index is 1040. The summed E-state index contributed by atoms with van der Waals surface area (Å²) >= 11 is 0. The van der Waals surface area contributed by atoms with Crippen molar-refractivity contribution in [3.63, 3.8) is 0 Å². The normalized spacial score (nSPS) is 10.7. The summed E-state index contributed by atoms with van der Waals surface area (Å²) in [4.78, 5) is 16.5. The van der Waals surface area contributed by atoms with Gasteiger partial charge in [-0.05, 0) is 61.4 Å². The maximum absolute atomic E-state index is 5.93. The van der Waals surface area contributed by atoms with Crippen molar-refractivity contribution in [1.29, 1.82) is 0 Å². The number of nitrogens with one attached hydrogen (secondary N) is 1. The Hall–Kier alpha value is -3.47. The molecule has 0 aliphatic rings. The van der Waals surface area contributed by atoms with Gasteiger partial charge in [-0.1, -0.05) is 12.1 Å². The van der Waals surface area contributed by atoms with Crippen LogP contribution < -0.4 is 4.74 Å². The zero-order chi connectivity index (χ0) is 18.6. The fraction of sp³-hybridized carbons (Fsp3) is 0.136. The average molecular weight is 356 g/mol. The van der Waals surface area contributed by atoms with E-state index in [9.17, 15) is 0 Å². The first-order valence-electron chi connectivity index (χ1n) is 8.81. The first-order chi connectivity index (χ1) is 13.2. The number of H-pyrrole nitrogens is 1. The molecule has 4 aromatic rings. The van der Waals surface area contributed by atoms with Gasteiger partial charge < -0.3 is 9.72 Å². The molecular weight excluding hydrogens is 336 g/mol. The number of aromatic nitrogens is 4. The molecule has 0 aliphatic carbocycles. The lowest BCUT2D eigenvalue weighted by atomic mass is 10.1. The minimum absolute atomic E-state index is 0.453. The predicted octanol–water partition coefficient (Wildman–Crippen LogP) is 4.73. The number of aryl methyl sites for hydroxylation is 2. The number of ether oxygens (including phenoxy) is 1. The Morgan fingerprint density at radius 3 is 2.59 bits per heavy atom. The van der Waals surface area contributed by atoms with Crippen molar-refractivity contribution in [2.45, 2.75) is 20.5 Å². The number of hydrogen-bond acceptors (Lipinski definition) is 4. The average Bonchev–Trinajstić information content (AvgIpc) is 3.19. The Labute approximate surface area is 158 Å². The van der Waals surface area contributed by atoms with Crippen LogP contribution >= 0.6 is 0 Å². The summed E-state index contributed by atoms with van der Waals surface area (Å²) in [5, 5.41) is 0. The van der Waals surface area contributed by atoms with E-state index in [1.165, 1.54) is 0 Å². The third kappa shape index (κ3) is 3.87. The van der Waals surface area contributed by atoms with Gasteiger partial charge in [-0.15, -0.1) is 0 Å². The van der Waals surface area contributed by atoms with Crippen molar-refractivity contribution >= 4 is 0 Å². The number of aromatic amines is 1. The molecule has 0 unspecified atom stereocenters. The van der Waals surface area contributed by atoms with Crippen LogP contribution in [0.25, 0.3) is 22.8 Å². The first-order valence-corrected chi connectivity index (χ1v) is 8.81. The number of rotatable bonds is 5. The Kier molecular flexibility index (Phi) is 4.66. The molecule has 0 bridgehead atoms. The van der Waals surface area contributed by atoms with E-state index in [0.29, 0.717) is 6.61 Å². The molecule has 0 atom stereocenters. The fourth-order valence-electron chi connectivity index (χ4n) is 2.82. The van der Waals surface area contributed by atoms with Gasteiger partial charge in [-0.3, -0.25) is 9.97 Å².